The topological polar surface area (TPSA) is 105 Å². The third kappa shape index (κ3) is 4.44. The van der Waals surface area contributed by atoms with Gasteiger partial charge in [0.25, 0.3) is 0 Å². The van der Waals surface area contributed by atoms with Gasteiger partial charge in [0.05, 0.1) is 11.3 Å². The third-order valence-corrected chi connectivity index (χ3v) is 3.20. The molecular formula is C12H16BrN3O4. The average Bonchev–Trinajstić information content (AvgIpc) is 2.28. The summed E-state index contributed by atoms with van der Waals surface area (Å²) < 4.78 is 0.486. The maximum Gasteiger partial charge on any atom is 0.312 e. The van der Waals surface area contributed by atoms with E-state index in [1.54, 1.807) is 0 Å². The lowest BCUT2D eigenvalue weighted by Crippen LogP contribution is -2.36. The molecule has 1 heterocycles. The van der Waals surface area contributed by atoms with Crippen LogP contribution in [0, 0.1) is 15.5 Å². The van der Waals surface area contributed by atoms with Gasteiger partial charge in [0.15, 0.2) is 0 Å². The molecule has 2 N–H and O–H groups in total. The summed E-state index contributed by atoms with van der Waals surface area (Å²) in [5.74, 6) is -0.906. The quantitative estimate of drug-likeness (QED) is 0.627. The molecular weight excluding hydrogens is 330 g/mol. The monoisotopic (exact) mass is 345 g/mol. The largest absolute Gasteiger partial charge is 0.481 e. The number of rotatable bonds is 5. The molecule has 1 atom stereocenters. The van der Waals surface area contributed by atoms with Gasteiger partial charge in [-0.05, 0) is 21.3 Å². The summed E-state index contributed by atoms with van der Waals surface area (Å²) in [6, 6.07) is 0.850. The maximum absolute atomic E-state index is 11.0. The Kier molecular flexibility index (Phi) is 5.04. The summed E-state index contributed by atoms with van der Waals surface area (Å²) in [7, 11) is 0. The highest BCUT2D eigenvalue weighted by Crippen LogP contribution is 2.30. The number of anilines is 1. The molecule has 0 saturated heterocycles. The van der Waals surface area contributed by atoms with Gasteiger partial charge in [0.1, 0.15) is 0 Å². The van der Waals surface area contributed by atoms with Crippen molar-refractivity contribution in [3.8, 4) is 0 Å². The van der Waals surface area contributed by atoms with Crippen LogP contribution in [0.25, 0.3) is 0 Å². The van der Waals surface area contributed by atoms with E-state index >= 15 is 0 Å². The normalized spacial score (nSPS) is 12.8. The second-order valence-corrected chi connectivity index (χ2v) is 6.35. The van der Waals surface area contributed by atoms with Crippen molar-refractivity contribution in [1.29, 1.82) is 0 Å². The molecule has 20 heavy (non-hydrogen) atoms. The fourth-order valence-electron chi connectivity index (χ4n) is 1.59. The third-order valence-electron chi connectivity index (χ3n) is 2.77. The SMILES string of the molecule is CC(C)(C)C(CC(=O)O)Nc1ncc(Br)cc1[N+](=O)[O-]. The molecule has 0 saturated carbocycles. The van der Waals surface area contributed by atoms with Gasteiger partial charge in [-0.15, -0.1) is 0 Å². The first-order valence-corrected chi connectivity index (χ1v) is 6.69. The fourth-order valence-corrected chi connectivity index (χ4v) is 1.91. The summed E-state index contributed by atoms with van der Waals surface area (Å²) in [6.45, 7) is 5.58. The van der Waals surface area contributed by atoms with Crippen molar-refractivity contribution in [2.75, 3.05) is 5.32 Å². The summed E-state index contributed by atoms with van der Waals surface area (Å²) >= 11 is 3.12. The lowest BCUT2D eigenvalue weighted by atomic mass is 9.84. The van der Waals surface area contributed by atoms with E-state index in [0.717, 1.165) is 0 Å². The molecule has 110 valence electrons. The number of aliphatic carboxylic acids is 1. The number of nitrogens with one attached hydrogen (secondary N) is 1. The van der Waals surface area contributed by atoms with Gasteiger partial charge in [-0.3, -0.25) is 14.9 Å². The van der Waals surface area contributed by atoms with Crippen LogP contribution in [-0.2, 0) is 4.79 Å². The summed E-state index contributed by atoms with van der Waals surface area (Å²) in [6.07, 6.45) is 1.27. The Morgan fingerprint density at radius 3 is 2.65 bits per heavy atom. The summed E-state index contributed by atoms with van der Waals surface area (Å²) in [5, 5.41) is 22.8. The van der Waals surface area contributed by atoms with Crippen LogP contribution in [0.3, 0.4) is 0 Å². The molecule has 1 unspecified atom stereocenters. The first-order valence-electron chi connectivity index (χ1n) is 5.89. The van der Waals surface area contributed by atoms with Gasteiger partial charge >= 0.3 is 11.7 Å². The molecule has 0 spiro atoms. The Balaban J connectivity index is 3.11. The van der Waals surface area contributed by atoms with Crippen molar-refractivity contribution in [2.24, 2.45) is 5.41 Å². The van der Waals surface area contributed by atoms with Crippen LogP contribution in [0.2, 0.25) is 0 Å². The molecule has 7 nitrogen and oxygen atoms in total. The lowest BCUT2D eigenvalue weighted by Gasteiger charge is -2.30. The minimum absolute atomic E-state index is 0.0689. The smallest absolute Gasteiger partial charge is 0.312 e. The van der Waals surface area contributed by atoms with E-state index in [0.29, 0.717) is 4.47 Å². The lowest BCUT2D eigenvalue weighted by molar-refractivity contribution is -0.384. The van der Waals surface area contributed by atoms with E-state index in [4.69, 9.17) is 5.11 Å². The Bertz CT molecular complexity index is 528. The number of carboxylic acid groups (broad SMARTS) is 1. The van der Waals surface area contributed by atoms with Crippen LogP contribution < -0.4 is 5.32 Å². The van der Waals surface area contributed by atoms with Crippen LogP contribution in [0.15, 0.2) is 16.7 Å². The Morgan fingerprint density at radius 1 is 1.60 bits per heavy atom. The highest BCUT2D eigenvalue weighted by atomic mass is 79.9. The standard InChI is InChI=1S/C12H16BrN3O4/c1-12(2,3)9(5-10(17)18)15-11-8(16(19)20)4-7(13)6-14-11/h4,6,9H,5H2,1-3H3,(H,14,15)(H,17,18). The van der Waals surface area contributed by atoms with Crippen LogP contribution in [0.4, 0.5) is 11.5 Å². The molecule has 0 amide bonds. The van der Waals surface area contributed by atoms with Crippen LogP contribution in [0.5, 0.6) is 0 Å². The molecule has 0 aliphatic rings. The number of hydrogen-bond acceptors (Lipinski definition) is 5. The van der Waals surface area contributed by atoms with Gasteiger partial charge < -0.3 is 10.4 Å². The Morgan fingerprint density at radius 2 is 2.20 bits per heavy atom. The number of pyridine rings is 1. The number of carboxylic acids is 1. The van der Waals surface area contributed by atoms with Crippen molar-refractivity contribution >= 4 is 33.4 Å². The highest BCUT2D eigenvalue weighted by Gasteiger charge is 2.29. The molecule has 1 aromatic rings. The van der Waals surface area contributed by atoms with E-state index < -0.39 is 16.9 Å². The van der Waals surface area contributed by atoms with E-state index in [1.165, 1.54) is 12.3 Å². The van der Waals surface area contributed by atoms with E-state index in [2.05, 4.69) is 26.2 Å². The van der Waals surface area contributed by atoms with Gasteiger partial charge in [-0.2, -0.15) is 0 Å². The molecule has 0 bridgehead atoms. The molecule has 0 aliphatic heterocycles. The maximum atomic E-state index is 11.0. The Hall–Kier alpha value is -1.70. The van der Waals surface area contributed by atoms with Crippen LogP contribution >= 0.6 is 15.9 Å². The molecule has 0 fully saturated rings. The number of aromatic nitrogens is 1. The van der Waals surface area contributed by atoms with Gasteiger partial charge in [0, 0.05) is 22.8 Å². The minimum Gasteiger partial charge on any atom is -0.481 e. The predicted octanol–water partition coefficient (Wildman–Crippen LogP) is 3.05. The van der Waals surface area contributed by atoms with E-state index in [9.17, 15) is 14.9 Å². The summed E-state index contributed by atoms with van der Waals surface area (Å²) in [4.78, 5) is 25.3. The second-order valence-electron chi connectivity index (χ2n) is 5.44. The molecule has 8 heteroatoms. The van der Waals surface area contributed by atoms with Gasteiger partial charge in [-0.25, -0.2) is 4.98 Å². The number of carbonyl (C=O) groups is 1. The minimum atomic E-state index is -0.975. The molecule has 1 rings (SSSR count). The molecule has 0 aromatic carbocycles. The van der Waals surface area contributed by atoms with Crippen molar-refractivity contribution in [3.05, 3.63) is 26.9 Å². The van der Waals surface area contributed by atoms with Crippen molar-refractivity contribution in [1.82, 2.24) is 4.98 Å². The number of hydrogen-bond donors (Lipinski definition) is 2. The van der Waals surface area contributed by atoms with Gasteiger partial charge in [0.2, 0.25) is 5.82 Å². The van der Waals surface area contributed by atoms with Crippen LogP contribution in [-0.4, -0.2) is 27.0 Å². The van der Waals surface area contributed by atoms with E-state index in [-0.39, 0.29) is 23.3 Å². The molecule has 1 aromatic heterocycles. The van der Waals surface area contributed by atoms with E-state index in [1.807, 2.05) is 20.8 Å². The summed E-state index contributed by atoms with van der Waals surface area (Å²) in [5.41, 5.74) is -0.583. The van der Waals surface area contributed by atoms with Crippen LogP contribution in [0.1, 0.15) is 27.2 Å². The zero-order chi connectivity index (χ0) is 15.5. The second kappa shape index (κ2) is 6.17. The van der Waals surface area contributed by atoms with Crippen molar-refractivity contribution in [2.45, 2.75) is 33.2 Å². The zero-order valence-corrected chi connectivity index (χ0v) is 13.0. The molecule has 0 radical (unpaired) electrons. The van der Waals surface area contributed by atoms with Gasteiger partial charge in [-0.1, -0.05) is 20.8 Å². The van der Waals surface area contributed by atoms with Crippen molar-refractivity contribution < 1.29 is 14.8 Å². The number of nitrogens with zero attached hydrogens (tertiary/aromatic N) is 2. The number of nitro groups is 1. The van der Waals surface area contributed by atoms with Crippen molar-refractivity contribution in [3.63, 3.8) is 0 Å². The highest BCUT2D eigenvalue weighted by molar-refractivity contribution is 9.10. The fraction of sp³-hybridized carbons (Fsp3) is 0.500. The first kappa shape index (κ1) is 16.4. The zero-order valence-electron chi connectivity index (χ0n) is 11.4. The Labute approximate surface area is 124 Å². The first-order chi connectivity index (χ1) is 9.11. The molecule has 0 aliphatic carbocycles. The predicted molar refractivity (Wildman–Crippen MR) is 77.7 cm³/mol. The average molecular weight is 346 g/mol. The number of halogens is 1.